The van der Waals surface area contributed by atoms with Crippen molar-refractivity contribution >= 4 is 17.5 Å². The topological polar surface area (TPSA) is 62.3 Å². The Hall–Kier alpha value is -2.69. The predicted octanol–water partition coefficient (Wildman–Crippen LogP) is 2.04. The summed E-state index contributed by atoms with van der Waals surface area (Å²) in [5, 5.41) is 2.73. The first-order valence-corrected chi connectivity index (χ1v) is 6.12. The van der Waals surface area contributed by atoms with Crippen LogP contribution in [0.4, 0.5) is 5.69 Å². The number of hydrogen-bond donors (Lipinski definition) is 1. The maximum absolute atomic E-state index is 11.9. The summed E-state index contributed by atoms with van der Waals surface area (Å²) in [5.74, 6) is -0.357. The van der Waals surface area contributed by atoms with Crippen LogP contribution in [0.3, 0.4) is 0 Å². The lowest BCUT2D eigenvalue weighted by Crippen LogP contribution is -2.21. The fourth-order valence-corrected chi connectivity index (χ4v) is 1.65. The standard InChI is InChI=1S/C15H15N3O2/c1-18(2)15(20)11-6-8-12(9-7-11)17-14(19)13-5-3-4-10-16-13/h3-10H,1-2H3,(H,17,19). The summed E-state index contributed by atoms with van der Waals surface area (Å²) in [6.45, 7) is 0. The van der Waals surface area contributed by atoms with Crippen molar-refractivity contribution in [3.05, 3.63) is 59.9 Å². The number of pyridine rings is 1. The van der Waals surface area contributed by atoms with E-state index in [9.17, 15) is 9.59 Å². The molecular formula is C15H15N3O2. The van der Waals surface area contributed by atoms with Crippen LogP contribution in [0.15, 0.2) is 48.7 Å². The molecule has 0 unspecified atom stereocenters. The van der Waals surface area contributed by atoms with Crippen molar-refractivity contribution in [3.8, 4) is 0 Å². The van der Waals surface area contributed by atoms with Gasteiger partial charge >= 0.3 is 0 Å². The third kappa shape index (κ3) is 3.20. The number of carbonyl (C=O) groups is 2. The van der Waals surface area contributed by atoms with Gasteiger partial charge in [-0.3, -0.25) is 14.6 Å². The highest BCUT2D eigenvalue weighted by atomic mass is 16.2. The number of carbonyl (C=O) groups excluding carboxylic acids is 2. The van der Waals surface area contributed by atoms with Gasteiger partial charge in [0.2, 0.25) is 0 Å². The lowest BCUT2D eigenvalue weighted by molar-refractivity contribution is 0.0827. The molecule has 1 heterocycles. The van der Waals surface area contributed by atoms with E-state index < -0.39 is 0 Å². The van der Waals surface area contributed by atoms with Crippen molar-refractivity contribution in [1.29, 1.82) is 0 Å². The number of benzene rings is 1. The second-order valence-electron chi connectivity index (χ2n) is 4.45. The molecule has 1 aromatic heterocycles. The molecule has 0 radical (unpaired) electrons. The smallest absolute Gasteiger partial charge is 0.274 e. The Kier molecular flexibility index (Phi) is 4.10. The van der Waals surface area contributed by atoms with E-state index in [0.717, 1.165) is 0 Å². The Morgan fingerprint density at radius 3 is 2.30 bits per heavy atom. The molecule has 2 rings (SSSR count). The van der Waals surface area contributed by atoms with E-state index in [0.29, 0.717) is 16.9 Å². The Labute approximate surface area is 117 Å². The third-order valence-electron chi connectivity index (χ3n) is 2.69. The highest BCUT2D eigenvalue weighted by Gasteiger charge is 2.09. The Morgan fingerprint density at radius 1 is 1.05 bits per heavy atom. The summed E-state index contributed by atoms with van der Waals surface area (Å²) in [6.07, 6.45) is 1.56. The number of anilines is 1. The largest absolute Gasteiger partial charge is 0.345 e. The van der Waals surface area contributed by atoms with Gasteiger partial charge in [-0.15, -0.1) is 0 Å². The molecule has 0 fully saturated rings. The first kappa shape index (κ1) is 13.7. The average molecular weight is 269 g/mol. The molecule has 1 N–H and O–H groups in total. The minimum atomic E-state index is -0.280. The lowest BCUT2D eigenvalue weighted by atomic mass is 10.2. The van der Waals surface area contributed by atoms with Crippen LogP contribution in [-0.4, -0.2) is 35.8 Å². The highest BCUT2D eigenvalue weighted by Crippen LogP contribution is 2.11. The van der Waals surface area contributed by atoms with Gasteiger partial charge in [-0.2, -0.15) is 0 Å². The molecule has 2 amide bonds. The Morgan fingerprint density at radius 2 is 1.75 bits per heavy atom. The van der Waals surface area contributed by atoms with Gasteiger partial charge in [0.1, 0.15) is 5.69 Å². The van der Waals surface area contributed by atoms with Crippen molar-refractivity contribution < 1.29 is 9.59 Å². The summed E-state index contributed by atoms with van der Waals surface area (Å²) in [6, 6.07) is 11.9. The number of amides is 2. The summed E-state index contributed by atoms with van der Waals surface area (Å²) in [7, 11) is 3.39. The summed E-state index contributed by atoms with van der Waals surface area (Å²) >= 11 is 0. The molecule has 5 nitrogen and oxygen atoms in total. The van der Waals surface area contributed by atoms with Crippen LogP contribution in [0.2, 0.25) is 0 Å². The molecule has 20 heavy (non-hydrogen) atoms. The van der Waals surface area contributed by atoms with Gasteiger partial charge in [-0.05, 0) is 36.4 Å². The Balaban J connectivity index is 2.08. The Bertz CT molecular complexity index is 607. The van der Waals surface area contributed by atoms with Crippen LogP contribution in [0, 0.1) is 0 Å². The van der Waals surface area contributed by atoms with E-state index in [1.807, 2.05) is 0 Å². The first-order chi connectivity index (χ1) is 9.58. The monoisotopic (exact) mass is 269 g/mol. The molecule has 0 bridgehead atoms. The normalized spacial score (nSPS) is 9.90. The molecule has 0 saturated heterocycles. The zero-order valence-corrected chi connectivity index (χ0v) is 11.3. The van der Waals surface area contributed by atoms with Crippen molar-refractivity contribution in [2.45, 2.75) is 0 Å². The van der Waals surface area contributed by atoms with Crippen molar-refractivity contribution in [2.24, 2.45) is 0 Å². The quantitative estimate of drug-likeness (QED) is 0.927. The predicted molar refractivity (Wildman–Crippen MR) is 76.6 cm³/mol. The maximum Gasteiger partial charge on any atom is 0.274 e. The molecule has 102 valence electrons. The van der Waals surface area contributed by atoms with E-state index in [1.54, 1.807) is 62.8 Å². The molecule has 5 heteroatoms. The second kappa shape index (κ2) is 5.97. The van der Waals surface area contributed by atoms with Gasteiger partial charge in [0, 0.05) is 31.5 Å². The van der Waals surface area contributed by atoms with Gasteiger partial charge in [-0.1, -0.05) is 6.07 Å². The van der Waals surface area contributed by atoms with E-state index in [-0.39, 0.29) is 11.8 Å². The summed E-state index contributed by atoms with van der Waals surface area (Å²) < 4.78 is 0. The molecule has 0 aliphatic heterocycles. The maximum atomic E-state index is 11.9. The van der Waals surface area contributed by atoms with Crippen LogP contribution in [0.5, 0.6) is 0 Å². The minimum Gasteiger partial charge on any atom is -0.345 e. The molecule has 0 spiro atoms. The van der Waals surface area contributed by atoms with E-state index in [4.69, 9.17) is 0 Å². The van der Waals surface area contributed by atoms with E-state index in [1.165, 1.54) is 4.90 Å². The van der Waals surface area contributed by atoms with Crippen molar-refractivity contribution in [3.63, 3.8) is 0 Å². The van der Waals surface area contributed by atoms with E-state index >= 15 is 0 Å². The van der Waals surface area contributed by atoms with Gasteiger partial charge in [0.15, 0.2) is 0 Å². The third-order valence-corrected chi connectivity index (χ3v) is 2.69. The fourth-order valence-electron chi connectivity index (χ4n) is 1.65. The molecule has 0 atom stereocenters. The van der Waals surface area contributed by atoms with E-state index in [2.05, 4.69) is 10.3 Å². The highest BCUT2D eigenvalue weighted by molar-refractivity contribution is 6.03. The van der Waals surface area contributed by atoms with Crippen LogP contribution in [0.25, 0.3) is 0 Å². The number of nitrogens with zero attached hydrogens (tertiary/aromatic N) is 2. The van der Waals surface area contributed by atoms with Crippen LogP contribution >= 0.6 is 0 Å². The SMILES string of the molecule is CN(C)C(=O)c1ccc(NC(=O)c2ccccn2)cc1. The van der Waals surface area contributed by atoms with Gasteiger partial charge in [0.05, 0.1) is 0 Å². The lowest BCUT2D eigenvalue weighted by Gasteiger charge is -2.10. The average Bonchev–Trinajstić information content (AvgIpc) is 2.48. The molecule has 0 aliphatic rings. The molecular weight excluding hydrogens is 254 g/mol. The number of hydrogen-bond acceptors (Lipinski definition) is 3. The van der Waals surface area contributed by atoms with Crippen LogP contribution in [0.1, 0.15) is 20.8 Å². The van der Waals surface area contributed by atoms with Gasteiger partial charge in [-0.25, -0.2) is 0 Å². The summed E-state index contributed by atoms with van der Waals surface area (Å²) in [5.41, 5.74) is 1.54. The minimum absolute atomic E-state index is 0.0763. The fraction of sp³-hybridized carbons (Fsp3) is 0.133. The number of aromatic nitrogens is 1. The zero-order chi connectivity index (χ0) is 14.5. The van der Waals surface area contributed by atoms with Crippen molar-refractivity contribution in [1.82, 2.24) is 9.88 Å². The van der Waals surface area contributed by atoms with Gasteiger partial charge < -0.3 is 10.2 Å². The summed E-state index contributed by atoms with van der Waals surface area (Å²) in [4.78, 5) is 29.1. The van der Waals surface area contributed by atoms with Gasteiger partial charge in [0.25, 0.3) is 11.8 Å². The molecule has 2 aromatic rings. The number of rotatable bonds is 3. The van der Waals surface area contributed by atoms with Crippen LogP contribution < -0.4 is 5.32 Å². The zero-order valence-electron chi connectivity index (χ0n) is 11.3. The number of nitrogens with one attached hydrogen (secondary N) is 1. The van der Waals surface area contributed by atoms with Crippen LogP contribution in [-0.2, 0) is 0 Å². The molecule has 0 saturated carbocycles. The molecule has 0 aliphatic carbocycles. The first-order valence-electron chi connectivity index (χ1n) is 6.12. The second-order valence-corrected chi connectivity index (χ2v) is 4.45. The molecule has 1 aromatic carbocycles. The van der Waals surface area contributed by atoms with Crippen molar-refractivity contribution in [2.75, 3.05) is 19.4 Å².